The Balaban J connectivity index is 3.04. The smallest absolute Gasteiger partial charge is 0.325 e. The van der Waals surface area contributed by atoms with Crippen LogP contribution in [0.2, 0.25) is 0 Å². The van der Waals surface area contributed by atoms with Crippen LogP contribution in [0.1, 0.15) is 41.5 Å². The zero-order chi connectivity index (χ0) is 20.3. The van der Waals surface area contributed by atoms with Crippen molar-refractivity contribution in [3.63, 3.8) is 0 Å². The molecule has 8 nitrogen and oxygen atoms in total. The summed E-state index contributed by atoms with van der Waals surface area (Å²) in [6, 6.07) is -1.10. The summed E-state index contributed by atoms with van der Waals surface area (Å²) < 4.78 is 16.7. The van der Waals surface area contributed by atoms with Crippen molar-refractivity contribution in [3.05, 3.63) is 12.2 Å². The van der Waals surface area contributed by atoms with E-state index in [0.717, 1.165) is 0 Å². The van der Waals surface area contributed by atoms with Gasteiger partial charge in [0, 0.05) is 7.11 Å². The van der Waals surface area contributed by atoms with Gasteiger partial charge in [-0.05, 0) is 26.2 Å². The highest BCUT2D eigenvalue weighted by Crippen LogP contribution is 2.31. The third-order valence-corrected chi connectivity index (χ3v) is 3.84. The van der Waals surface area contributed by atoms with Crippen molar-refractivity contribution in [1.29, 1.82) is 0 Å². The van der Waals surface area contributed by atoms with E-state index in [1.54, 1.807) is 19.9 Å². The van der Waals surface area contributed by atoms with Crippen LogP contribution in [-0.2, 0) is 23.8 Å². The number of hydrogen-bond donors (Lipinski definition) is 3. The predicted octanol–water partition coefficient (Wildman–Crippen LogP) is 1.07. The SMILES string of the molecule is CO[C@@H](C(=O)N[C@@H](C)C(=O)O)[C@@H]1OC(C)(C)O[C@H](/C=C/C(C)(C)C)[C@H]1O. The first kappa shape index (κ1) is 22.6. The van der Waals surface area contributed by atoms with Gasteiger partial charge in [0.25, 0.3) is 5.91 Å². The van der Waals surface area contributed by atoms with E-state index < -0.39 is 48.1 Å². The second-order valence-electron chi connectivity index (χ2n) is 8.01. The van der Waals surface area contributed by atoms with Crippen LogP contribution in [-0.4, -0.2) is 65.4 Å². The van der Waals surface area contributed by atoms with Crippen molar-refractivity contribution in [2.75, 3.05) is 7.11 Å². The Hall–Kier alpha value is -1.48. The molecule has 26 heavy (non-hydrogen) atoms. The van der Waals surface area contributed by atoms with E-state index in [4.69, 9.17) is 19.3 Å². The van der Waals surface area contributed by atoms with Crippen LogP contribution in [0.25, 0.3) is 0 Å². The summed E-state index contributed by atoms with van der Waals surface area (Å²) in [5, 5.41) is 22.0. The molecule has 0 aliphatic carbocycles. The summed E-state index contributed by atoms with van der Waals surface area (Å²) >= 11 is 0. The molecule has 150 valence electrons. The molecule has 1 aliphatic heterocycles. The van der Waals surface area contributed by atoms with Crippen LogP contribution in [0.5, 0.6) is 0 Å². The maximum Gasteiger partial charge on any atom is 0.325 e. The zero-order valence-corrected chi connectivity index (χ0v) is 16.5. The maximum absolute atomic E-state index is 12.4. The molecule has 0 radical (unpaired) electrons. The minimum absolute atomic E-state index is 0.115. The summed E-state index contributed by atoms with van der Waals surface area (Å²) in [5.74, 6) is -2.91. The maximum atomic E-state index is 12.4. The van der Waals surface area contributed by atoms with E-state index >= 15 is 0 Å². The van der Waals surface area contributed by atoms with Gasteiger partial charge in [-0.1, -0.05) is 32.9 Å². The lowest BCUT2D eigenvalue weighted by Gasteiger charge is -2.45. The Labute approximate surface area is 154 Å². The molecule has 3 N–H and O–H groups in total. The molecule has 1 heterocycles. The summed E-state index contributed by atoms with van der Waals surface area (Å²) in [6.45, 7) is 10.7. The van der Waals surface area contributed by atoms with Crippen LogP contribution in [0, 0.1) is 5.41 Å². The number of aliphatic carboxylic acids is 1. The molecule has 1 amide bonds. The monoisotopic (exact) mass is 373 g/mol. The van der Waals surface area contributed by atoms with Gasteiger partial charge < -0.3 is 29.7 Å². The largest absolute Gasteiger partial charge is 0.480 e. The number of rotatable bonds is 6. The van der Waals surface area contributed by atoms with Crippen LogP contribution < -0.4 is 5.32 Å². The van der Waals surface area contributed by atoms with E-state index in [1.807, 2.05) is 26.8 Å². The van der Waals surface area contributed by atoms with Crippen LogP contribution in [0.15, 0.2) is 12.2 Å². The minimum atomic E-state index is -1.19. The lowest BCUT2D eigenvalue weighted by molar-refractivity contribution is -0.334. The number of aliphatic hydroxyl groups is 1. The molecule has 0 bridgehead atoms. The number of amides is 1. The second kappa shape index (κ2) is 8.47. The first-order chi connectivity index (χ1) is 11.8. The Kier molecular flexibility index (Phi) is 7.35. The van der Waals surface area contributed by atoms with Crippen molar-refractivity contribution in [3.8, 4) is 0 Å². The molecule has 5 atom stereocenters. The third kappa shape index (κ3) is 6.35. The second-order valence-corrected chi connectivity index (χ2v) is 8.01. The summed E-state index contributed by atoms with van der Waals surface area (Å²) in [4.78, 5) is 23.4. The zero-order valence-electron chi connectivity index (χ0n) is 16.5. The van der Waals surface area contributed by atoms with E-state index in [1.165, 1.54) is 14.0 Å². The molecular weight excluding hydrogens is 342 g/mol. The Morgan fingerprint density at radius 2 is 1.85 bits per heavy atom. The number of aliphatic hydroxyl groups excluding tert-OH is 1. The molecule has 0 aromatic heterocycles. The number of nitrogens with one attached hydrogen (secondary N) is 1. The first-order valence-corrected chi connectivity index (χ1v) is 8.56. The number of carboxylic acids is 1. The highest BCUT2D eigenvalue weighted by Gasteiger charge is 2.47. The Bertz CT molecular complexity index is 538. The minimum Gasteiger partial charge on any atom is -0.480 e. The fourth-order valence-corrected chi connectivity index (χ4v) is 2.53. The molecule has 0 aromatic rings. The molecule has 0 spiro atoms. The number of carboxylic acid groups (broad SMARTS) is 1. The van der Waals surface area contributed by atoms with Crippen LogP contribution in [0.3, 0.4) is 0 Å². The van der Waals surface area contributed by atoms with E-state index in [0.29, 0.717) is 0 Å². The topological polar surface area (TPSA) is 114 Å². The van der Waals surface area contributed by atoms with Gasteiger partial charge in [-0.25, -0.2) is 0 Å². The van der Waals surface area contributed by atoms with E-state index in [9.17, 15) is 14.7 Å². The number of carbonyl (C=O) groups excluding carboxylic acids is 1. The van der Waals surface area contributed by atoms with Gasteiger partial charge in [0.1, 0.15) is 24.4 Å². The molecule has 0 saturated carbocycles. The lowest BCUT2D eigenvalue weighted by atomic mass is 9.93. The molecule has 0 unspecified atom stereocenters. The normalized spacial score (nSPS) is 28.5. The van der Waals surface area contributed by atoms with Gasteiger partial charge in [0.05, 0.1) is 0 Å². The highest BCUT2D eigenvalue weighted by atomic mass is 16.7. The number of carbonyl (C=O) groups is 2. The van der Waals surface area contributed by atoms with Crippen molar-refractivity contribution >= 4 is 11.9 Å². The van der Waals surface area contributed by atoms with Gasteiger partial charge >= 0.3 is 5.97 Å². The van der Waals surface area contributed by atoms with Crippen molar-refractivity contribution in [2.45, 2.75) is 77.8 Å². The standard InChI is InChI=1S/C18H31NO7/c1-10(16(22)23)19-15(21)14(24-7)13-12(20)11(8-9-17(2,3)4)25-18(5,6)26-13/h8-14,20H,1-7H3,(H,19,21)(H,22,23)/b9-8+/t10-,11+,12+,13+,14+/m0/s1. The van der Waals surface area contributed by atoms with Gasteiger partial charge in [-0.15, -0.1) is 0 Å². The third-order valence-electron chi connectivity index (χ3n) is 3.84. The van der Waals surface area contributed by atoms with Gasteiger partial charge in [0.2, 0.25) is 0 Å². The van der Waals surface area contributed by atoms with Crippen LogP contribution in [0.4, 0.5) is 0 Å². The summed E-state index contributed by atoms with van der Waals surface area (Å²) in [7, 11) is 1.30. The number of ether oxygens (including phenoxy) is 3. The quantitative estimate of drug-likeness (QED) is 0.597. The number of methoxy groups -OCH3 is 1. The average molecular weight is 373 g/mol. The highest BCUT2D eigenvalue weighted by molar-refractivity contribution is 5.86. The molecule has 1 aliphatic rings. The molecule has 1 saturated heterocycles. The van der Waals surface area contributed by atoms with Gasteiger partial charge in [-0.2, -0.15) is 0 Å². The fourth-order valence-electron chi connectivity index (χ4n) is 2.53. The lowest BCUT2D eigenvalue weighted by Crippen LogP contribution is -2.61. The van der Waals surface area contributed by atoms with E-state index in [2.05, 4.69) is 5.32 Å². The first-order valence-electron chi connectivity index (χ1n) is 8.56. The number of hydrogen-bond acceptors (Lipinski definition) is 6. The fraction of sp³-hybridized carbons (Fsp3) is 0.778. The Morgan fingerprint density at radius 3 is 2.31 bits per heavy atom. The van der Waals surface area contributed by atoms with Crippen LogP contribution >= 0.6 is 0 Å². The molecule has 8 heteroatoms. The summed E-state index contributed by atoms with van der Waals surface area (Å²) in [5.41, 5.74) is -0.115. The molecule has 1 fully saturated rings. The number of allylic oxidation sites excluding steroid dienone is 1. The molecule has 1 rings (SSSR count). The predicted molar refractivity (Wildman–Crippen MR) is 94.5 cm³/mol. The molecular formula is C18H31NO7. The van der Waals surface area contributed by atoms with Crippen molar-refractivity contribution in [2.24, 2.45) is 5.41 Å². The van der Waals surface area contributed by atoms with Gasteiger partial charge in [0.15, 0.2) is 11.9 Å². The Morgan fingerprint density at radius 1 is 1.27 bits per heavy atom. The average Bonchev–Trinajstić information content (AvgIpc) is 2.48. The van der Waals surface area contributed by atoms with Crippen molar-refractivity contribution < 1.29 is 34.0 Å². The molecule has 0 aromatic carbocycles. The summed E-state index contributed by atoms with van der Waals surface area (Å²) in [6.07, 6.45) is -0.442. The van der Waals surface area contributed by atoms with Crippen molar-refractivity contribution in [1.82, 2.24) is 5.32 Å². The van der Waals surface area contributed by atoms with Gasteiger partial charge in [-0.3, -0.25) is 9.59 Å². The van der Waals surface area contributed by atoms with E-state index in [-0.39, 0.29) is 5.41 Å².